The highest BCUT2D eigenvalue weighted by molar-refractivity contribution is 7.91. The molecule has 0 amide bonds. The normalized spacial score (nSPS) is 19.5. The summed E-state index contributed by atoms with van der Waals surface area (Å²) in [5.41, 5.74) is 3.15. The van der Waals surface area contributed by atoms with Gasteiger partial charge in [-0.2, -0.15) is 0 Å². The van der Waals surface area contributed by atoms with Gasteiger partial charge in [0.25, 0.3) is 0 Å². The van der Waals surface area contributed by atoms with Crippen molar-refractivity contribution in [3.8, 4) is 0 Å². The summed E-state index contributed by atoms with van der Waals surface area (Å²) < 4.78 is 25.3. The maximum atomic E-state index is 11.6. The molecule has 3 rings (SSSR count). The molecule has 0 atom stereocenters. The molecule has 20 heavy (non-hydrogen) atoms. The van der Waals surface area contributed by atoms with Crippen molar-refractivity contribution < 1.29 is 8.42 Å². The standard InChI is InChI=1S/C14H17ClN2O2S/c1-10-3-2-4-12-14(10)16-13(9-15)17(12)11-5-7-20(18,19)8-6-11/h2-4,11H,5-9H2,1H3. The Bertz CT molecular complexity index is 738. The summed E-state index contributed by atoms with van der Waals surface area (Å²) in [4.78, 5) is 4.62. The topological polar surface area (TPSA) is 52.0 Å². The van der Waals surface area contributed by atoms with Crippen molar-refractivity contribution in [1.29, 1.82) is 0 Å². The Kier molecular flexibility index (Phi) is 3.50. The molecule has 0 unspecified atom stereocenters. The minimum Gasteiger partial charge on any atom is -0.324 e. The number of alkyl halides is 1. The first-order valence-corrected chi connectivity index (χ1v) is 9.10. The Morgan fingerprint density at radius 3 is 2.70 bits per heavy atom. The summed E-state index contributed by atoms with van der Waals surface area (Å²) in [6, 6.07) is 6.25. The van der Waals surface area contributed by atoms with E-state index in [1.54, 1.807) is 0 Å². The van der Waals surface area contributed by atoms with E-state index < -0.39 is 9.84 Å². The van der Waals surface area contributed by atoms with Crippen LogP contribution in [0.15, 0.2) is 18.2 Å². The monoisotopic (exact) mass is 312 g/mol. The fraction of sp³-hybridized carbons (Fsp3) is 0.500. The van der Waals surface area contributed by atoms with Crippen molar-refractivity contribution in [1.82, 2.24) is 9.55 Å². The van der Waals surface area contributed by atoms with E-state index >= 15 is 0 Å². The summed E-state index contributed by atoms with van der Waals surface area (Å²) in [6.45, 7) is 2.03. The molecule has 1 aliphatic heterocycles. The average Bonchev–Trinajstić information content (AvgIpc) is 2.79. The first-order chi connectivity index (χ1) is 9.52. The summed E-state index contributed by atoms with van der Waals surface area (Å²) >= 11 is 6.03. The lowest BCUT2D eigenvalue weighted by atomic mass is 10.1. The van der Waals surface area contributed by atoms with E-state index in [0.717, 1.165) is 22.4 Å². The number of halogens is 1. The summed E-state index contributed by atoms with van der Waals surface area (Å²) in [5, 5.41) is 0. The molecule has 2 heterocycles. The zero-order valence-corrected chi connectivity index (χ0v) is 12.9. The van der Waals surface area contributed by atoms with Crippen LogP contribution < -0.4 is 0 Å². The number of aromatic nitrogens is 2. The SMILES string of the molecule is Cc1cccc2c1nc(CCl)n2C1CCS(=O)(=O)CC1. The molecule has 0 spiro atoms. The maximum absolute atomic E-state index is 11.6. The van der Waals surface area contributed by atoms with Gasteiger partial charge in [-0.25, -0.2) is 13.4 Å². The van der Waals surface area contributed by atoms with Gasteiger partial charge in [0.1, 0.15) is 15.7 Å². The Hall–Kier alpha value is -1.07. The number of para-hydroxylation sites is 1. The highest BCUT2D eigenvalue weighted by atomic mass is 35.5. The van der Waals surface area contributed by atoms with Crippen LogP contribution in [0.1, 0.15) is 30.3 Å². The van der Waals surface area contributed by atoms with Gasteiger partial charge in [0.2, 0.25) is 0 Å². The predicted molar refractivity (Wildman–Crippen MR) is 81.0 cm³/mol. The van der Waals surface area contributed by atoms with Gasteiger partial charge in [-0.05, 0) is 31.4 Å². The van der Waals surface area contributed by atoms with Gasteiger partial charge in [0.05, 0.1) is 28.4 Å². The van der Waals surface area contributed by atoms with Crippen molar-refractivity contribution in [3.05, 3.63) is 29.6 Å². The number of hydrogen-bond acceptors (Lipinski definition) is 3. The minimum absolute atomic E-state index is 0.180. The van der Waals surface area contributed by atoms with E-state index in [-0.39, 0.29) is 17.5 Å². The third-order valence-corrected chi connectivity index (χ3v) is 5.96. The van der Waals surface area contributed by atoms with Gasteiger partial charge in [-0.3, -0.25) is 0 Å². The minimum atomic E-state index is -2.85. The van der Waals surface area contributed by atoms with Crippen molar-refractivity contribution in [2.24, 2.45) is 0 Å². The lowest BCUT2D eigenvalue weighted by Crippen LogP contribution is -2.26. The number of imidazole rings is 1. The molecule has 2 aromatic rings. The van der Waals surface area contributed by atoms with Gasteiger partial charge in [0, 0.05) is 6.04 Å². The molecule has 4 nitrogen and oxygen atoms in total. The van der Waals surface area contributed by atoms with E-state index in [1.165, 1.54) is 0 Å². The van der Waals surface area contributed by atoms with Crippen LogP contribution in [0.25, 0.3) is 11.0 Å². The number of hydrogen-bond donors (Lipinski definition) is 0. The van der Waals surface area contributed by atoms with Crippen LogP contribution in [0.3, 0.4) is 0 Å². The molecule has 1 saturated heterocycles. The number of sulfone groups is 1. The summed E-state index contributed by atoms with van der Waals surface area (Å²) in [7, 11) is -2.85. The second-order valence-electron chi connectivity index (χ2n) is 5.36. The highest BCUT2D eigenvalue weighted by Crippen LogP contribution is 2.31. The number of fused-ring (bicyclic) bond motifs is 1. The Morgan fingerprint density at radius 2 is 2.05 bits per heavy atom. The van der Waals surface area contributed by atoms with Crippen molar-refractivity contribution in [2.75, 3.05) is 11.5 Å². The van der Waals surface area contributed by atoms with Crippen LogP contribution in [-0.4, -0.2) is 29.5 Å². The molecule has 1 aromatic carbocycles. The van der Waals surface area contributed by atoms with Crippen LogP contribution >= 0.6 is 11.6 Å². The number of rotatable bonds is 2. The van der Waals surface area contributed by atoms with E-state index in [9.17, 15) is 8.42 Å². The highest BCUT2D eigenvalue weighted by Gasteiger charge is 2.27. The van der Waals surface area contributed by atoms with E-state index in [4.69, 9.17) is 11.6 Å². The second kappa shape index (κ2) is 5.04. The Morgan fingerprint density at radius 1 is 1.35 bits per heavy atom. The molecule has 0 N–H and O–H groups in total. The Balaban J connectivity index is 2.09. The zero-order valence-electron chi connectivity index (χ0n) is 11.3. The average molecular weight is 313 g/mol. The summed E-state index contributed by atoms with van der Waals surface area (Å²) in [5.74, 6) is 1.69. The van der Waals surface area contributed by atoms with E-state index in [1.807, 2.05) is 25.1 Å². The van der Waals surface area contributed by atoms with Gasteiger partial charge >= 0.3 is 0 Å². The number of benzene rings is 1. The second-order valence-corrected chi connectivity index (χ2v) is 7.93. The van der Waals surface area contributed by atoms with E-state index in [2.05, 4.69) is 9.55 Å². The van der Waals surface area contributed by atoms with Gasteiger partial charge in [0.15, 0.2) is 0 Å². The molecule has 0 aliphatic carbocycles. The predicted octanol–water partition coefficient (Wildman–Crippen LogP) is 2.83. The van der Waals surface area contributed by atoms with Gasteiger partial charge in [-0.1, -0.05) is 12.1 Å². The van der Waals surface area contributed by atoms with Gasteiger partial charge in [-0.15, -0.1) is 11.6 Å². The molecule has 1 aromatic heterocycles. The number of aryl methyl sites for hydroxylation is 1. The molecular weight excluding hydrogens is 296 g/mol. The fourth-order valence-electron chi connectivity index (χ4n) is 2.94. The third-order valence-electron chi connectivity index (χ3n) is 4.00. The smallest absolute Gasteiger partial charge is 0.150 e. The molecule has 0 bridgehead atoms. The van der Waals surface area contributed by atoms with Crippen LogP contribution in [0.2, 0.25) is 0 Å². The lowest BCUT2D eigenvalue weighted by molar-refractivity contribution is 0.450. The molecule has 1 aliphatic rings. The first kappa shape index (κ1) is 13.9. The Labute approximate surface area is 123 Å². The molecule has 0 radical (unpaired) electrons. The van der Waals surface area contributed by atoms with Crippen molar-refractivity contribution >= 4 is 32.5 Å². The van der Waals surface area contributed by atoms with Crippen molar-refractivity contribution in [2.45, 2.75) is 31.7 Å². The summed E-state index contributed by atoms with van der Waals surface area (Å²) in [6.07, 6.45) is 1.29. The van der Waals surface area contributed by atoms with Crippen molar-refractivity contribution in [3.63, 3.8) is 0 Å². The molecule has 108 valence electrons. The van der Waals surface area contributed by atoms with Crippen LogP contribution in [-0.2, 0) is 15.7 Å². The molecular formula is C14H17ClN2O2S. The fourth-order valence-corrected chi connectivity index (χ4v) is 4.60. The van der Waals surface area contributed by atoms with Crippen LogP contribution in [0.4, 0.5) is 0 Å². The molecule has 0 saturated carbocycles. The maximum Gasteiger partial charge on any atom is 0.150 e. The largest absolute Gasteiger partial charge is 0.324 e. The van der Waals surface area contributed by atoms with E-state index in [0.29, 0.717) is 18.7 Å². The lowest BCUT2D eigenvalue weighted by Gasteiger charge is -2.25. The quantitative estimate of drug-likeness (QED) is 0.801. The van der Waals surface area contributed by atoms with Crippen LogP contribution in [0.5, 0.6) is 0 Å². The van der Waals surface area contributed by atoms with Gasteiger partial charge < -0.3 is 4.57 Å². The zero-order chi connectivity index (χ0) is 14.3. The van der Waals surface area contributed by atoms with Crippen LogP contribution in [0, 0.1) is 6.92 Å². The molecule has 6 heteroatoms. The molecule has 1 fully saturated rings. The third kappa shape index (κ3) is 2.33. The first-order valence-electron chi connectivity index (χ1n) is 6.74. The number of nitrogens with zero attached hydrogens (tertiary/aromatic N) is 2.